The molecule has 2 aromatic rings. The minimum atomic E-state index is -0.155. The Hall–Kier alpha value is -2.29. The van der Waals surface area contributed by atoms with E-state index in [-0.39, 0.29) is 11.9 Å². The smallest absolute Gasteiger partial charge is 0.319 e. The third kappa shape index (κ3) is 3.45. The van der Waals surface area contributed by atoms with Crippen LogP contribution in [0, 0.1) is 6.92 Å². The van der Waals surface area contributed by atoms with Gasteiger partial charge in [0, 0.05) is 5.56 Å². The first-order valence-electron chi connectivity index (χ1n) is 8.78. The molecule has 0 saturated carbocycles. The molecule has 3 heteroatoms. The average Bonchev–Trinajstić information content (AvgIpc) is 2.90. The SMILES string of the molecule is CCCCCCC1C(=O)Oc2c(Oc3ccccc3C)cccc21. The maximum atomic E-state index is 12.3. The minimum absolute atomic E-state index is 0.151. The Kier molecular flexibility index (Phi) is 5.19. The van der Waals surface area contributed by atoms with Crippen LogP contribution < -0.4 is 9.47 Å². The van der Waals surface area contributed by atoms with Gasteiger partial charge in [-0.15, -0.1) is 0 Å². The van der Waals surface area contributed by atoms with Crippen molar-refractivity contribution in [2.45, 2.75) is 51.9 Å². The fourth-order valence-corrected chi connectivity index (χ4v) is 3.13. The van der Waals surface area contributed by atoms with E-state index in [1.807, 2.05) is 49.4 Å². The largest absolute Gasteiger partial charge is 0.453 e. The molecule has 0 amide bonds. The Morgan fingerprint density at radius 2 is 1.79 bits per heavy atom. The molecule has 3 rings (SSSR count). The Bertz CT molecular complexity index is 721. The van der Waals surface area contributed by atoms with Crippen LogP contribution in [0.2, 0.25) is 0 Å². The second-order valence-corrected chi connectivity index (χ2v) is 6.37. The van der Waals surface area contributed by atoms with Gasteiger partial charge in [-0.25, -0.2) is 0 Å². The first kappa shape index (κ1) is 16.6. The van der Waals surface area contributed by atoms with Crippen molar-refractivity contribution in [3.63, 3.8) is 0 Å². The van der Waals surface area contributed by atoms with E-state index >= 15 is 0 Å². The van der Waals surface area contributed by atoms with Crippen LogP contribution in [0.4, 0.5) is 0 Å². The van der Waals surface area contributed by atoms with Crippen molar-refractivity contribution in [2.24, 2.45) is 0 Å². The van der Waals surface area contributed by atoms with Gasteiger partial charge in [0.25, 0.3) is 0 Å². The number of ether oxygens (including phenoxy) is 2. The van der Waals surface area contributed by atoms with Crippen LogP contribution in [0.1, 0.15) is 56.1 Å². The molecular weight excluding hydrogens is 300 g/mol. The number of carbonyl (C=O) groups is 1. The average molecular weight is 324 g/mol. The highest BCUT2D eigenvalue weighted by Gasteiger charge is 2.35. The summed E-state index contributed by atoms with van der Waals surface area (Å²) in [5, 5.41) is 0. The molecule has 0 spiro atoms. The number of aryl methyl sites for hydroxylation is 1. The van der Waals surface area contributed by atoms with Gasteiger partial charge in [-0.1, -0.05) is 62.9 Å². The molecule has 2 aromatic carbocycles. The zero-order chi connectivity index (χ0) is 16.9. The van der Waals surface area contributed by atoms with Gasteiger partial charge in [0.05, 0.1) is 5.92 Å². The summed E-state index contributed by atoms with van der Waals surface area (Å²) in [7, 11) is 0. The lowest BCUT2D eigenvalue weighted by molar-refractivity contribution is -0.134. The number of carbonyl (C=O) groups excluding carboxylic acids is 1. The van der Waals surface area contributed by atoms with Gasteiger partial charge in [0.1, 0.15) is 5.75 Å². The lowest BCUT2D eigenvalue weighted by Crippen LogP contribution is -2.10. The van der Waals surface area contributed by atoms with E-state index in [1.54, 1.807) is 0 Å². The van der Waals surface area contributed by atoms with Crippen molar-refractivity contribution in [3.05, 3.63) is 53.6 Å². The summed E-state index contributed by atoms with van der Waals surface area (Å²) in [6.07, 6.45) is 5.47. The standard InChI is InChI=1S/C21H24O3/c1-3-4-5-6-11-17-16-12-9-14-19(20(16)24-21(17)22)23-18-13-8-7-10-15(18)2/h7-10,12-14,17H,3-6,11H2,1-2H3. The van der Waals surface area contributed by atoms with Crippen molar-refractivity contribution in [1.82, 2.24) is 0 Å². The summed E-state index contributed by atoms with van der Waals surface area (Å²) >= 11 is 0. The Morgan fingerprint density at radius 3 is 2.58 bits per heavy atom. The molecule has 0 N–H and O–H groups in total. The molecular formula is C21H24O3. The lowest BCUT2D eigenvalue weighted by atomic mass is 9.94. The van der Waals surface area contributed by atoms with Crippen LogP contribution in [-0.2, 0) is 4.79 Å². The molecule has 0 aliphatic carbocycles. The molecule has 1 aliphatic heterocycles. The predicted octanol–water partition coefficient (Wildman–Crippen LogP) is 5.76. The number of hydrogen-bond acceptors (Lipinski definition) is 3. The summed E-state index contributed by atoms with van der Waals surface area (Å²) in [5.74, 6) is 1.69. The van der Waals surface area contributed by atoms with E-state index in [2.05, 4.69) is 6.92 Å². The number of benzene rings is 2. The predicted molar refractivity (Wildman–Crippen MR) is 94.8 cm³/mol. The maximum Gasteiger partial charge on any atom is 0.319 e. The zero-order valence-corrected chi connectivity index (χ0v) is 14.4. The highest BCUT2D eigenvalue weighted by Crippen LogP contribution is 2.45. The number of esters is 1. The zero-order valence-electron chi connectivity index (χ0n) is 14.4. The van der Waals surface area contributed by atoms with E-state index in [0.717, 1.165) is 36.1 Å². The third-order valence-corrected chi connectivity index (χ3v) is 4.53. The number of unbranched alkanes of at least 4 members (excludes halogenated alkanes) is 3. The normalized spacial score (nSPS) is 15.9. The minimum Gasteiger partial charge on any atom is -0.453 e. The number of rotatable bonds is 7. The molecule has 3 nitrogen and oxygen atoms in total. The maximum absolute atomic E-state index is 12.3. The molecule has 0 saturated heterocycles. The summed E-state index contributed by atoms with van der Waals surface area (Å²) in [6, 6.07) is 13.6. The second-order valence-electron chi connectivity index (χ2n) is 6.37. The monoisotopic (exact) mass is 324 g/mol. The van der Waals surface area contributed by atoms with Crippen molar-refractivity contribution < 1.29 is 14.3 Å². The van der Waals surface area contributed by atoms with Gasteiger partial charge in [-0.2, -0.15) is 0 Å². The van der Waals surface area contributed by atoms with Gasteiger partial charge in [0.15, 0.2) is 11.5 Å². The van der Waals surface area contributed by atoms with E-state index in [9.17, 15) is 4.79 Å². The molecule has 0 bridgehead atoms. The van der Waals surface area contributed by atoms with Crippen LogP contribution in [0.5, 0.6) is 17.2 Å². The van der Waals surface area contributed by atoms with Crippen molar-refractivity contribution in [3.8, 4) is 17.2 Å². The van der Waals surface area contributed by atoms with Gasteiger partial charge in [0.2, 0.25) is 0 Å². The van der Waals surface area contributed by atoms with Crippen LogP contribution in [-0.4, -0.2) is 5.97 Å². The molecule has 1 aliphatic rings. The highest BCUT2D eigenvalue weighted by atomic mass is 16.6. The summed E-state index contributed by atoms with van der Waals surface area (Å²) in [5.41, 5.74) is 2.01. The van der Waals surface area contributed by atoms with Gasteiger partial charge in [-0.05, 0) is 31.0 Å². The van der Waals surface area contributed by atoms with E-state index in [4.69, 9.17) is 9.47 Å². The number of fused-ring (bicyclic) bond motifs is 1. The molecule has 1 heterocycles. The fourth-order valence-electron chi connectivity index (χ4n) is 3.13. The first-order valence-corrected chi connectivity index (χ1v) is 8.78. The van der Waals surface area contributed by atoms with Crippen molar-refractivity contribution in [1.29, 1.82) is 0 Å². The Labute approximate surface area is 143 Å². The molecule has 0 radical (unpaired) electrons. The third-order valence-electron chi connectivity index (χ3n) is 4.53. The number of hydrogen-bond donors (Lipinski definition) is 0. The van der Waals surface area contributed by atoms with Crippen LogP contribution in [0.25, 0.3) is 0 Å². The number of para-hydroxylation sites is 2. The molecule has 24 heavy (non-hydrogen) atoms. The molecule has 126 valence electrons. The van der Waals surface area contributed by atoms with Gasteiger partial charge >= 0.3 is 5.97 Å². The molecule has 0 aromatic heterocycles. The van der Waals surface area contributed by atoms with E-state index in [0.29, 0.717) is 11.5 Å². The second kappa shape index (κ2) is 7.52. The van der Waals surface area contributed by atoms with Gasteiger partial charge in [-0.3, -0.25) is 4.79 Å². The quantitative estimate of drug-likeness (QED) is 0.369. The summed E-state index contributed by atoms with van der Waals surface area (Å²) in [4.78, 5) is 12.3. The lowest BCUT2D eigenvalue weighted by Gasteiger charge is -2.11. The van der Waals surface area contributed by atoms with Crippen LogP contribution in [0.15, 0.2) is 42.5 Å². The fraction of sp³-hybridized carbons (Fsp3) is 0.381. The van der Waals surface area contributed by atoms with E-state index in [1.165, 1.54) is 12.8 Å². The Balaban J connectivity index is 1.79. The summed E-state index contributed by atoms with van der Waals surface area (Å²) in [6.45, 7) is 4.19. The molecule has 0 fully saturated rings. The van der Waals surface area contributed by atoms with Crippen LogP contribution >= 0.6 is 0 Å². The topological polar surface area (TPSA) is 35.5 Å². The van der Waals surface area contributed by atoms with E-state index < -0.39 is 0 Å². The first-order chi connectivity index (χ1) is 11.7. The molecule has 1 unspecified atom stereocenters. The van der Waals surface area contributed by atoms with Crippen LogP contribution in [0.3, 0.4) is 0 Å². The van der Waals surface area contributed by atoms with Gasteiger partial charge < -0.3 is 9.47 Å². The Morgan fingerprint density at radius 1 is 1.00 bits per heavy atom. The van der Waals surface area contributed by atoms with Crippen molar-refractivity contribution in [2.75, 3.05) is 0 Å². The summed E-state index contributed by atoms with van der Waals surface area (Å²) < 4.78 is 11.6. The highest BCUT2D eigenvalue weighted by molar-refractivity contribution is 5.87. The molecule has 1 atom stereocenters. The van der Waals surface area contributed by atoms with Crippen molar-refractivity contribution >= 4 is 5.97 Å².